The Labute approximate surface area is 95.6 Å². The normalized spacial score (nSPS) is 28.2. The average molecular weight is 225 g/mol. The number of aryl methyl sites for hydroxylation is 1. The smallest absolute Gasteiger partial charge is 0.0774 e. The minimum atomic E-state index is 0.346. The third-order valence-corrected chi connectivity index (χ3v) is 3.94. The van der Waals surface area contributed by atoms with E-state index in [-0.39, 0.29) is 0 Å². The van der Waals surface area contributed by atoms with E-state index in [1.165, 1.54) is 23.3 Å². The summed E-state index contributed by atoms with van der Waals surface area (Å²) in [5.74, 6) is 0. The van der Waals surface area contributed by atoms with Gasteiger partial charge in [-0.1, -0.05) is 0 Å². The molecular formula is C12H19NOS. The maximum Gasteiger partial charge on any atom is 0.0774 e. The fraction of sp³-hybridized carbons (Fsp3) is 0.667. The van der Waals surface area contributed by atoms with Crippen LogP contribution in [0.1, 0.15) is 36.2 Å². The van der Waals surface area contributed by atoms with Crippen LogP contribution in [0.15, 0.2) is 11.4 Å². The third kappa shape index (κ3) is 2.41. The Hall–Kier alpha value is -0.380. The molecule has 0 aromatic carbocycles. The van der Waals surface area contributed by atoms with Crippen LogP contribution >= 0.6 is 11.3 Å². The molecule has 0 radical (unpaired) electrons. The van der Waals surface area contributed by atoms with Crippen LogP contribution in [0.25, 0.3) is 0 Å². The van der Waals surface area contributed by atoms with Crippen molar-refractivity contribution in [2.45, 2.75) is 44.9 Å². The second-order valence-electron chi connectivity index (χ2n) is 4.32. The van der Waals surface area contributed by atoms with E-state index in [0.29, 0.717) is 18.2 Å². The van der Waals surface area contributed by atoms with E-state index >= 15 is 0 Å². The van der Waals surface area contributed by atoms with Gasteiger partial charge < -0.3 is 10.1 Å². The van der Waals surface area contributed by atoms with Crippen molar-refractivity contribution in [2.75, 3.05) is 7.05 Å². The lowest BCUT2D eigenvalue weighted by molar-refractivity contribution is 0.0334. The lowest BCUT2D eigenvalue weighted by Crippen LogP contribution is -2.29. The maximum absolute atomic E-state index is 5.92. The van der Waals surface area contributed by atoms with E-state index in [4.69, 9.17) is 4.74 Å². The van der Waals surface area contributed by atoms with Crippen molar-refractivity contribution in [3.8, 4) is 0 Å². The summed E-state index contributed by atoms with van der Waals surface area (Å²) >= 11 is 1.81. The van der Waals surface area contributed by atoms with Crippen molar-refractivity contribution >= 4 is 11.3 Å². The van der Waals surface area contributed by atoms with Crippen molar-refractivity contribution in [2.24, 2.45) is 0 Å². The molecule has 0 saturated carbocycles. The minimum Gasteiger partial charge on any atom is -0.373 e. The van der Waals surface area contributed by atoms with Gasteiger partial charge in [-0.25, -0.2) is 0 Å². The molecule has 2 heterocycles. The number of hydrogen-bond acceptors (Lipinski definition) is 3. The predicted octanol–water partition coefficient (Wildman–Crippen LogP) is 2.88. The van der Waals surface area contributed by atoms with Crippen LogP contribution in [0.3, 0.4) is 0 Å². The van der Waals surface area contributed by atoms with Gasteiger partial charge in [0.15, 0.2) is 0 Å². The van der Waals surface area contributed by atoms with Crippen LogP contribution in [-0.4, -0.2) is 19.3 Å². The summed E-state index contributed by atoms with van der Waals surface area (Å²) in [6.45, 7) is 4.31. The van der Waals surface area contributed by atoms with Crippen molar-refractivity contribution in [3.05, 3.63) is 21.9 Å². The lowest BCUT2D eigenvalue weighted by Gasteiger charge is -2.22. The molecule has 1 N–H and O–H groups in total. The lowest BCUT2D eigenvalue weighted by atomic mass is 10.0. The highest BCUT2D eigenvalue weighted by atomic mass is 32.1. The number of ether oxygens (including phenoxy) is 1. The quantitative estimate of drug-likeness (QED) is 0.854. The summed E-state index contributed by atoms with van der Waals surface area (Å²) in [7, 11) is 2.02. The highest BCUT2D eigenvalue weighted by Gasteiger charge is 2.29. The van der Waals surface area contributed by atoms with Crippen molar-refractivity contribution < 1.29 is 4.74 Å². The predicted molar refractivity (Wildman–Crippen MR) is 64.4 cm³/mol. The molecule has 0 amide bonds. The molecule has 3 atom stereocenters. The summed E-state index contributed by atoms with van der Waals surface area (Å²) in [5.41, 5.74) is 1.37. The zero-order chi connectivity index (χ0) is 10.8. The molecule has 15 heavy (non-hydrogen) atoms. The second kappa shape index (κ2) is 4.64. The van der Waals surface area contributed by atoms with Crippen LogP contribution in [0.2, 0.25) is 0 Å². The van der Waals surface area contributed by atoms with Crippen LogP contribution in [0.5, 0.6) is 0 Å². The van der Waals surface area contributed by atoms with Gasteiger partial charge in [-0.15, -0.1) is 11.3 Å². The molecule has 0 aliphatic carbocycles. The first-order valence-electron chi connectivity index (χ1n) is 5.58. The Morgan fingerprint density at radius 1 is 1.53 bits per heavy atom. The molecule has 1 aromatic heterocycles. The van der Waals surface area contributed by atoms with Crippen LogP contribution in [0, 0.1) is 6.92 Å². The Kier molecular flexibility index (Phi) is 3.44. The molecule has 1 aromatic rings. The van der Waals surface area contributed by atoms with E-state index < -0.39 is 0 Å². The molecule has 0 bridgehead atoms. The first-order chi connectivity index (χ1) is 7.20. The van der Waals surface area contributed by atoms with E-state index in [0.717, 1.165) is 0 Å². The average Bonchev–Trinajstić information content (AvgIpc) is 2.78. The largest absolute Gasteiger partial charge is 0.373 e. The zero-order valence-corrected chi connectivity index (χ0v) is 10.4. The number of thiophene rings is 1. The highest BCUT2D eigenvalue weighted by Crippen LogP contribution is 2.31. The Bertz CT molecular complexity index is 323. The molecular weight excluding hydrogens is 206 g/mol. The summed E-state index contributed by atoms with van der Waals surface area (Å²) < 4.78 is 5.92. The first-order valence-corrected chi connectivity index (χ1v) is 6.46. The molecule has 1 saturated heterocycles. The number of nitrogens with one attached hydrogen (secondary N) is 1. The van der Waals surface area contributed by atoms with Crippen molar-refractivity contribution in [1.29, 1.82) is 0 Å². The van der Waals surface area contributed by atoms with Gasteiger partial charge in [0.25, 0.3) is 0 Å². The van der Waals surface area contributed by atoms with E-state index in [1.807, 2.05) is 18.4 Å². The number of rotatable bonds is 3. The van der Waals surface area contributed by atoms with Gasteiger partial charge in [-0.3, -0.25) is 0 Å². The summed E-state index contributed by atoms with van der Waals surface area (Å²) in [6.07, 6.45) is 3.12. The van der Waals surface area contributed by atoms with Gasteiger partial charge in [-0.05, 0) is 50.7 Å². The van der Waals surface area contributed by atoms with Crippen LogP contribution < -0.4 is 5.32 Å². The van der Waals surface area contributed by atoms with E-state index in [1.54, 1.807) is 0 Å². The zero-order valence-electron chi connectivity index (χ0n) is 9.62. The SMILES string of the molecule is CNC(c1csc(C)c1)C1CCC(C)O1. The summed E-state index contributed by atoms with van der Waals surface area (Å²) in [6, 6.07) is 2.62. The minimum absolute atomic E-state index is 0.346. The second-order valence-corrected chi connectivity index (χ2v) is 5.43. The van der Waals surface area contributed by atoms with Crippen LogP contribution in [0.4, 0.5) is 0 Å². The molecule has 1 aliphatic rings. The van der Waals surface area contributed by atoms with Crippen molar-refractivity contribution in [3.63, 3.8) is 0 Å². The molecule has 2 nitrogen and oxygen atoms in total. The van der Waals surface area contributed by atoms with Crippen LogP contribution in [-0.2, 0) is 4.74 Å². The monoisotopic (exact) mass is 225 g/mol. The molecule has 1 fully saturated rings. The molecule has 3 unspecified atom stereocenters. The fourth-order valence-electron chi connectivity index (χ4n) is 2.27. The number of likely N-dealkylation sites (N-methyl/N-ethyl adjacent to an activating group) is 1. The molecule has 0 spiro atoms. The van der Waals surface area contributed by atoms with E-state index in [2.05, 4.69) is 30.6 Å². The van der Waals surface area contributed by atoms with Gasteiger partial charge in [0.2, 0.25) is 0 Å². The van der Waals surface area contributed by atoms with Gasteiger partial charge >= 0.3 is 0 Å². The Balaban J connectivity index is 2.10. The topological polar surface area (TPSA) is 21.3 Å². The first kappa shape index (κ1) is 11.1. The molecule has 84 valence electrons. The Morgan fingerprint density at radius 3 is 2.80 bits per heavy atom. The molecule has 2 rings (SSSR count). The van der Waals surface area contributed by atoms with E-state index in [9.17, 15) is 0 Å². The molecule has 3 heteroatoms. The third-order valence-electron chi connectivity index (χ3n) is 3.06. The summed E-state index contributed by atoms with van der Waals surface area (Å²) in [4.78, 5) is 1.37. The molecule has 1 aliphatic heterocycles. The Morgan fingerprint density at radius 2 is 2.33 bits per heavy atom. The van der Waals surface area contributed by atoms with Gasteiger partial charge in [0.1, 0.15) is 0 Å². The van der Waals surface area contributed by atoms with Gasteiger partial charge in [0.05, 0.1) is 18.2 Å². The maximum atomic E-state index is 5.92. The summed E-state index contributed by atoms with van der Waals surface area (Å²) in [5, 5.41) is 5.61. The number of hydrogen-bond donors (Lipinski definition) is 1. The standard InChI is InChI=1S/C12H19NOS/c1-8-4-5-11(14-8)12(13-3)10-6-9(2)15-7-10/h6-8,11-13H,4-5H2,1-3H3. The van der Waals surface area contributed by atoms with Gasteiger partial charge in [-0.2, -0.15) is 0 Å². The highest BCUT2D eigenvalue weighted by molar-refractivity contribution is 7.10. The van der Waals surface area contributed by atoms with Crippen molar-refractivity contribution in [1.82, 2.24) is 5.32 Å². The van der Waals surface area contributed by atoms with Gasteiger partial charge in [0, 0.05) is 4.88 Å². The fourth-order valence-corrected chi connectivity index (χ4v) is 3.01.